The molecule has 1 saturated carbocycles. The van der Waals surface area contributed by atoms with Crippen molar-refractivity contribution in [3.8, 4) is 11.5 Å². The van der Waals surface area contributed by atoms with Crippen LogP contribution in [0.2, 0.25) is 0 Å². The second-order valence-electron chi connectivity index (χ2n) is 7.98. The summed E-state index contributed by atoms with van der Waals surface area (Å²) in [5, 5.41) is 0. The fourth-order valence-electron chi connectivity index (χ4n) is 5.22. The molecule has 3 unspecified atom stereocenters. The van der Waals surface area contributed by atoms with E-state index in [1.54, 1.807) is 0 Å². The third-order valence-electron chi connectivity index (χ3n) is 6.59. The van der Waals surface area contributed by atoms with Crippen LogP contribution in [0.1, 0.15) is 36.8 Å². The summed E-state index contributed by atoms with van der Waals surface area (Å²) in [5.41, 5.74) is 9.37. The van der Waals surface area contributed by atoms with E-state index in [9.17, 15) is 0 Å². The Bertz CT molecular complexity index is 794. The van der Waals surface area contributed by atoms with Crippen LogP contribution in [-0.4, -0.2) is 30.3 Å². The van der Waals surface area contributed by atoms with Crippen molar-refractivity contribution >= 4 is 0 Å². The van der Waals surface area contributed by atoms with Crippen LogP contribution in [-0.2, 0) is 12.0 Å². The van der Waals surface area contributed by atoms with Crippen molar-refractivity contribution in [3.63, 3.8) is 0 Å². The van der Waals surface area contributed by atoms with Gasteiger partial charge in [-0.25, -0.2) is 0 Å². The molecular formula is C22H26N2O2. The van der Waals surface area contributed by atoms with Crippen molar-refractivity contribution in [2.75, 3.05) is 13.3 Å². The zero-order chi connectivity index (χ0) is 17.6. The van der Waals surface area contributed by atoms with Crippen LogP contribution in [0.25, 0.3) is 0 Å². The van der Waals surface area contributed by atoms with Gasteiger partial charge in [-0.2, -0.15) is 0 Å². The molecule has 2 aromatic carbocycles. The second-order valence-corrected chi connectivity index (χ2v) is 7.98. The highest BCUT2D eigenvalue weighted by Crippen LogP contribution is 2.50. The van der Waals surface area contributed by atoms with Crippen molar-refractivity contribution in [2.24, 2.45) is 5.73 Å². The van der Waals surface area contributed by atoms with Gasteiger partial charge in [0.15, 0.2) is 11.5 Å². The molecular weight excluding hydrogens is 324 g/mol. The Balaban J connectivity index is 1.48. The van der Waals surface area contributed by atoms with Gasteiger partial charge in [0, 0.05) is 24.0 Å². The maximum Gasteiger partial charge on any atom is 0.231 e. The molecule has 2 aliphatic heterocycles. The lowest BCUT2D eigenvalue weighted by Gasteiger charge is -2.44. The van der Waals surface area contributed by atoms with Gasteiger partial charge in [0.1, 0.15) is 0 Å². The van der Waals surface area contributed by atoms with E-state index in [0.29, 0.717) is 18.9 Å². The highest BCUT2D eigenvalue weighted by molar-refractivity contribution is 5.48. The van der Waals surface area contributed by atoms with E-state index in [1.807, 2.05) is 0 Å². The molecule has 2 fully saturated rings. The summed E-state index contributed by atoms with van der Waals surface area (Å²) >= 11 is 0. The molecule has 0 amide bonds. The number of benzene rings is 2. The third-order valence-corrected chi connectivity index (χ3v) is 6.59. The predicted octanol–water partition coefficient (Wildman–Crippen LogP) is 3.44. The Morgan fingerprint density at radius 2 is 1.88 bits per heavy atom. The Labute approximate surface area is 154 Å². The number of likely N-dealkylation sites (tertiary alicyclic amines) is 1. The number of fused-ring (bicyclic) bond motifs is 2. The van der Waals surface area contributed by atoms with E-state index in [1.165, 1.54) is 17.5 Å². The summed E-state index contributed by atoms with van der Waals surface area (Å²) in [4.78, 5) is 2.65. The maximum absolute atomic E-state index is 6.40. The molecule has 0 radical (unpaired) electrons. The molecule has 2 heterocycles. The molecule has 2 N–H and O–H groups in total. The van der Waals surface area contributed by atoms with Crippen LogP contribution in [0, 0.1) is 0 Å². The molecule has 4 nitrogen and oxygen atoms in total. The minimum Gasteiger partial charge on any atom is -0.454 e. The molecule has 0 spiro atoms. The van der Waals surface area contributed by atoms with Gasteiger partial charge in [0.2, 0.25) is 6.79 Å². The lowest BCUT2D eigenvalue weighted by atomic mass is 9.65. The molecule has 4 heteroatoms. The number of nitrogens with two attached hydrogens (primary N) is 1. The topological polar surface area (TPSA) is 47.7 Å². The number of hydrogen-bond acceptors (Lipinski definition) is 4. The summed E-state index contributed by atoms with van der Waals surface area (Å²) < 4.78 is 11.2. The molecule has 2 aromatic rings. The van der Waals surface area contributed by atoms with Gasteiger partial charge in [0.25, 0.3) is 0 Å². The smallest absolute Gasteiger partial charge is 0.231 e. The van der Waals surface area contributed by atoms with Crippen LogP contribution >= 0.6 is 0 Å². The highest BCUT2D eigenvalue weighted by atomic mass is 16.7. The van der Waals surface area contributed by atoms with Gasteiger partial charge >= 0.3 is 0 Å². The zero-order valence-electron chi connectivity index (χ0n) is 15.1. The first-order valence-corrected chi connectivity index (χ1v) is 9.68. The molecule has 1 saturated heterocycles. The van der Waals surface area contributed by atoms with Crippen molar-refractivity contribution in [1.82, 2.24) is 4.90 Å². The fraction of sp³-hybridized carbons (Fsp3) is 0.455. The van der Waals surface area contributed by atoms with Gasteiger partial charge in [-0.3, -0.25) is 4.90 Å². The SMILES string of the molecule is NC1CCC2(c3ccc4c(c3)OCO4)CCN(Cc3ccccc3)C2C1. The Morgan fingerprint density at radius 3 is 2.77 bits per heavy atom. The first-order valence-electron chi connectivity index (χ1n) is 9.68. The van der Waals surface area contributed by atoms with Gasteiger partial charge < -0.3 is 15.2 Å². The number of hydrogen-bond donors (Lipinski definition) is 1. The van der Waals surface area contributed by atoms with E-state index < -0.39 is 0 Å². The number of rotatable bonds is 3. The third kappa shape index (κ3) is 2.60. The fourth-order valence-corrected chi connectivity index (χ4v) is 5.22. The second kappa shape index (κ2) is 6.29. The molecule has 1 aliphatic carbocycles. The van der Waals surface area contributed by atoms with Crippen LogP contribution in [0.5, 0.6) is 11.5 Å². The Kier molecular flexibility index (Phi) is 3.91. The van der Waals surface area contributed by atoms with E-state index in [2.05, 4.69) is 53.4 Å². The minimum absolute atomic E-state index is 0.186. The predicted molar refractivity (Wildman–Crippen MR) is 101 cm³/mol. The van der Waals surface area contributed by atoms with Crippen LogP contribution < -0.4 is 15.2 Å². The molecule has 3 atom stereocenters. The minimum atomic E-state index is 0.186. The molecule has 5 rings (SSSR count). The van der Waals surface area contributed by atoms with Crippen LogP contribution in [0.3, 0.4) is 0 Å². The Hall–Kier alpha value is -2.04. The van der Waals surface area contributed by atoms with Gasteiger partial charge in [-0.05, 0) is 55.5 Å². The first kappa shape index (κ1) is 16.2. The van der Waals surface area contributed by atoms with Gasteiger partial charge in [-0.15, -0.1) is 0 Å². The largest absolute Gasteiger partial charge is 0.454 e. The average molecular weight is 350 g/mol. The van der Waals surface area contributed by atoms with Crippen molar-refractivity contribution < 1.29 is 9.47 Å². The molecule has 26 heavy (non-hydrogen) atoms. The van der Waals surface area contributed by atoms with Crippen molar-refractivity contribution in [1.29, 1.82) is 0 Å². The van der Waals surface area contributed by atoms with Gasteiger partial charge in [-0.1, -0.05) is 36.4 Å². The molecule has 0 bridgehead atoms. The highest BCUT2D eigenvalue weighted by Gasteiger charge is 2.51. The standard InChI is InChI=1S/C22H26N2O2/c23-18-8-9-22(17-6-7-19-20(12-17)26-15-25-19)10-11-24(21(22)13-18)14-16-4-2-1-3-5-16/h1-7,12,18,21H,8-11,13-15,23H2. The summed E-state index contributed by atoms with van der Waals surface area (Å²) in [6, 6.07) is 18.1. The summed E-state index contributed by atoms with van der Waals surface area (Å²) in [5.74, 6) is 1.76. The lowest BCUT2D eigenvalue weighted by molar-refractivity contribution is 0.139. The summed E-state index contributed by atoms with van der Waals surface area (Å²) in [6.45, 7) is 2.46. The molecule has 3 aliphatic rings. The van der Waals surface area contributed by atoms with Crippen LogP contribution in [0.15, 0.2) is 48.5 Å². The molecule has 136 valence electrons. The van der Waals surface area contributed by atoms with E-state index in [0.717, 1.165) is 43.9 Å². The lowest BCUT2D eigenvalue weighted by Crippen LogP contribution is -2.50. The maximum atomic E-state index is 6.40. The van der Waals surface area contributed by atoms with E-state index in [4.69, 9.17) is 15.2 Å². The molecule has 0 aromatic heterocycles. The normalized spacial score (nSPS) is 30.3. The number of nitrogens with zero attached hydrogens (tertiary/aromatic N) is 1. The summed E-state index contributed by atoms with van der Waals surface area (Å²) in [7, 11) is 0. The van der Waals surface area contributed by atoms with Crippen LogP contribution in [0.4, 0.5) is 0 Å². The quantitative estimate of drug-likeness (QED) is 0.921. The monoisotopic (exact) mass is 350 g/mol. The van der Waals surface area contributed by atoms with E-state index >= 15 is 0 Å². The summed E-state index contributed by atoms with van der Waals surface area (Å²) in [6.07, 6.45) is 4.52. The first-order chi connectivity index (χ1) is 12.7. The Morgan fingerprint density at radius 1 is 1.04 bits per heavy atom. The zero-order valence-corrected chi connectivity index (χ0v) is 15.1. The average Bonchev–Trinajstić information content (AvgIpc) is 3.28. The number of ether oxygens (including phenoxy) is 2. The van der Waals surface area contributed by atoms with Crippen molar-refractivity contribution in [3.05, 3.63) is 59.7 Å². The van der Waals surface area contributed by atoms with Crippen molar-refractivity contribution in [2.45, 2.75) is 49.7 Å². The van der Waals surface area contributed by atoms with E-state index in [-0.39, 0.29) is 5.41 Å². The van der Waals surface area contributed by atoms with Gasteiger partial charge in [0.05, 0.1) is 0 Å².